The molecule has 1 rings (SSSR count). The van der Waals surface area contributed by atoms with Gasteiger partial charge in [-0.3, -0.25) is 10.1 Å². The largest absolute Gasteiger partial charge is 0.344 e. The first-order valence-electron chi connectivity index (χ1n) is 2.38. The number of thioether (sulfide) groups is 1. The first-order chi connectivity index (χ1) is 4.74. The minimum atomic E-state index is -0.433. The average Bonchev–Trinajstić information content (AvgIpc) is 2.34. The molecule has 0 aliphatic rings. The topological polar surface area (TPSA) is 56.0 Å². The zero-order valence-corrected chi connectivity index (χ0v) is 6.74. The Kier molecular flexibility index (Phi) is 2.23. The van der Waals surface area contributed by atoms with E-state index in [1.807, 2.05) is 6.26 Å². The maximum Gasteiger partial charge on any atom is 0.344 e. The summed E-state index contributed by atoms with van der Waals surface area (Å²) >= 11 is 2.50. The van der Waals surface area contributed by atoms with E-state index in [1.165, 1.54) is 18.0 Å². The van der Waals surface area contributed by atoms with Crippen LogP contribution in [0, 0.1) is 10.1 Å². The number of hydrogen-bond acceptors (Lipinski definition) is 5. The van der Waals surface area contributed by atoms with E-state index >= 15 is 0 Å². The number of thiazole rings is 1. The molecular formula is C4H4N2O2S2. The van der Waals surface area contributed by atoms with Crippen molar-refractivity contribution < 1.29 is 4.92 Å². The third-order valence-corrected chi connectivity index (χ3v) is 2.78. The number of aromatic nitrogens is 1. The molecule has 0 aromatic carbocycles. The molecule has 0 atom stereocenters. The minimum Gasteiger partial charge on any atom is -0.257 e. The molecule has 0 saturated carbocycles. The summed E-state index contributed by atoms with van der Waals surface area (Å²) in [4.78, 5) is 13.5. The minimum absolute atomic E-state index is 0.101. The summed E-state index contributed by atoms with van der Waals surface area (Å²) in [5.41, 5.74) is 0. The number of nitrogens with zero attached hydrogens (tertiary/aromatic N) is 2. The second-order valence-corrected chi connectivity index (χ2v) is 3.49. The van der Waals surface area contributed by atoms with Crippen molar-refractivity contribution in [3.63, 3.8) is 0 Å². The van der Waals surface area contributed by atoms with Crippen molar-refractivity contribution in [2.24, 2.45) is 0 Å². The Morgan fingerprint density at radius 1 is 1.90 bits per heavy atom. The van der Waals surface area contributed by atoms with Crippen LogP contribution in [-0.4, -0.2) is 16.2 Å². The molecule has 0 radical (unpaired) electrons. The Labute approximate surface area is 65.4 Å². The van der Waals surface area contributed by atoms with E-state index in [0.717, 1.165) is 15.7 Å². The van der Waals surface area contributed by atoms with Gasteiger partial charge in [-0.1, -0.05) is 11.8 Å². The van der Waals surface area contributed by atoms with Gasteiger partial charge in [-0.05, 0) is 17.6 Å². The molecule has 0 saturated heterocycles. The molecule has 54 valence electrons. The Hall–Kier alpha value is -0.620. The molecule has 0 spiro atoms. The van der Waals surface area contributed by atoms with Gasteiger partial charge in [0, 0.05) is 0 Å². The van der Waals surface area contributed by atoms with E-state index in [2.05, 4.69) is 4.98 Å². The smallest absolute Gasteiger partial charge is 0.257 e. The fourth-order valence-electron chi connectivity index (χ4n) is 0.429. The first-order valence-corrected chi connectivity index (χ1v) is 4.42. The Bertz CT molecular complexity index is 247. The van der Waals surface area contributed by atoms with Crippen LogP contribution >= 0.6 is 23.1 Å². The lowest BCUT2D eigenvalue weighted by Crippen LogP contribution is -1.80. The van der Waals surface area contributed by atoms with Crippen molar-refractivity contribution in [1.29, 1.82) is 0 Å². The fourth-order valence-corrected chi connectivity index (χ4v) is 1.64. The molecule has 0 aliphatic carbocycles. The predicted molar refractivity (Wildman–Crippen MR) is 40.5 cm³/mol. The van der Waals surface area contributed by atoms with Gasteiger partial charge in [0.05, 0.1) is 4.92 Å². The van der Waals surface area contributed by atoms with Gasteiger partial charge < -0.3 is 0 Å². The number of hydrogen-bond donors (Lipinski definition) is 0. The third kappa shape index (κ3) is 1.45. The Balaban J connectivity index is 2.88. The number of nitro groups is 1. The third-order valence-electron chi connectivity index (χ3n) is 0.827. The van der Waals surface area contributed by atoms with E-state index in [0.29, 0.717) is 0 Å². The monoisotopic (exact) mass is 176 g/mol. The van der Waals surface area contributed by atoms with Crippen LogP contribution in [0.5, 0.6) is 0 Å². The molecule has 0 fully saturated rings. The molecule has 0 amide bonds. The van der Waals surface area contributed by atoms with Crippen molar-refractivity contribution in [3.8, 4) is 0 Å². The lowest BCUT2D eigenvalue weighted by molar-refractivity contribution is -0.380. The highest BCUT2D eigenvalue weighted by Gasteiger charge is 2.09. The molecule has 0 aliphatic heterocycles. The molecular weight excluding hydrogens is 172 g/mol. The molecule has 0 unspecified atom stereocenters. The van der Waals surface area contributed by atoms with E-state index in [9.17, 15) is 10.1 Å². The zero-order chi connectivity index (χ0) is 7.56. The van der Waals surface area contributed by atoms with Crippen LogP contribution in [-0.2, 0) is 0 Å². The summed E-state index contributed by atoms with van der Waals surface area (Å²) in [7, 11) is 0. The quantitative estimate of drug-likeness (QED) is 0.391. The van der Waals surface area contributed by atoms with Gasteiger partial charge in [0.15, 0.2) is 4.34 Å². The zero-order valence-electron chi connectivity index (χ0n) is 5.10. The average molecular weight is 176 g/mol. The van der Waals surface area contributed by atoms with Crippen LogP contribution in [0.25, 0.3) is 0 Å². The SMILES string of the molecule is CSc1ncc([N+](=O)[O-])s1. The van der Waals surface area contributed by atoms with Crippen molar-refractivity contribution in [2.75, 3.05) is 6.26 Å². The molecule has 10 heavy (non-hydrogen) atoms. The summed E-state index contributed by atoms with van der Waals surface area (Å²) in [6.45, 7) is 0. The van der Waals surface area contributed by atoms with Gasteiger partial charge in [0.2, 0.25) is 0 Å². The van der Waals surface area contributed by atoms with E-state index in [1.54, 1.807) is 0 Å². The standard InChI is InChI=1S/C4H4N2O2S2/c1-9-4-5-2-3(10-4)6(7)8/h2H,1H3. The second-order valence-electron chi connectivity index (χ2n) is 1.43. The summed E-state index contributed by atoms with van der Waals surface area (Å²) in [5.74, 6) is 0. The van der Waals surface area contributed by atoms with Crippen LogP contribution in [0.4, 0.5) is 5.00 Å². The Morgan fingerprint density at radius 3 is 2.90 bits per heavy atom. The molecule has 0 N–H and O–H groups in total. The lowest BCUT2D eigenvalue weighted by Gasteiger charge is -1.79. The van der Waals surface area contributed by atoms with E-state index < -0.39 is 4.92 Å². The van der Waals surface area contributed by atoms with Crippen molar-refractivity contribution >= 4 is 28.1 Å². The molecule has 1 aromatic heterocycles. The highest BCUT2D eigenvalue weighted by atomic mass is 32.2. The first kappa shape index (κ1) is 7.49. The maximum absolute atomic E-state index is 10.1. The predicted octanol–water partition coefficient (Wildman–Crippen LogP) is 1.77. The van der Waals surface area contributed by atoms with Gasteiger partial charge >= 0.3 is 5.00 Å². The van der Waals surface area contributed by atoms with Crippen LogP contribution < -0.4 is 0 Å². The van der Waals surface area contributed by atoms with Crippen molar-refractivity contribution in [1.82, 2.24) is 4.98 Å². The van der Waals surface area contributed by atoms with Crippen LogP contribution in [0.15, 0.2) is 10.5 Å². The number of rotatable bonds is 2. The van der Waals surface area contributed by atoms with E-state index in [4.69, 9.17) is 0 Å². The van der Waals surface area contributed by atoms with Gasteiger partial charge in [0.1, 0.15) is 6.20 Å². The van der Waals surface area contributed by atoms with Crippen LogP contribution in [0.3, 0.4) is 0 Å². The molecule has 1 heterocycles. The normalized spacial score (nSPS) is 9.70. The van der Waals surface area contributed by atoms with Gasteiger partial charge in [0.25, 0.3) is 0 Å². The lowest BCUT2D eigenvalue weighted by atomic mass is 10.9. The summed E-state index contributed by atoms with van der Waals surface area (Å²) < 4.78 is 0.728. The van der Waals surface area contributed by atoms with Gasteiger partial charge in [-0.15, -0.1) is 0 Å². The molecule has 4 nitrogen and oxygen atoms in total. The van der Waals surface area contributed by atoms with E-state index in [-0.39, 0.29) is 5.00 Å². The highest BCUT2D eigenvalue weighted by Crippen LogP contribution is 2.26. The molecule has 0 bridgehead atoms. The summed E-state index contributed by atoms with van der Waals surface area (Å²) in [6, 6.07) is 0. The highest BCUT2D eigenvalue weighted by molar-refractivity contribution is 8.00. The van der Waals surface area contributed by atoms with Crippen LogP contribution in [0.2, 0.25) is 0 Å². The molecule has 6 heteroatoms. The van der Waals surface area contributed by atoms with Gasteiger partial charge in [-0.2, -0.15) is 0 Å². The molecule has 1 aromatic rings. The summed E-state index contributed by atoms with van der Waals surface area (Å²) in [5, 5.41) is 10.2. The summed E-state index contributed by atoms with van der Waals surface area (Å²) in [6.07, 6.45) is 3.11. The maximum atomic E-state index is 10.1. The Morgan fingerprint density at radius 2 is 2.60 bits per heavy atom. The fraction of sp³-hybridized carbons (Fsp3) is 0.250. The van der Waals surface area contributed by atoms with Crippen molar-refractivity contribution in [3.05, 3.63) is 16.3 Å². The van der Waals surface area contributed by atoms with Crippen molar-refractivity contribution in [2.45, 2.75) is 4.34 Å². The second kappa shape index (κ2) is 2.98. The van der Waals surface area contributed by atoms with Gasteiger partial charge in [-0.25, -0.2) is 4.98 Å². The van der Waals surface area contributed by atoms with Crippen LogP contribution in [0.1, 0.15) is 0 Å².